The fraction of sp³-hybridized carbons (Fsp3) is 0.108. The maximum absolute atomic E-state index is 13.3. The highest BCUT2D eigenvalue weighted by Crippen LogP contribution is 2.37. The maximum Gasteiger partial charge on any atom is 0.338 e. The molecule has 0 bridgehead atoms. The average molecular weight is 653 g/mol. The maximum atomic E-state index is 13.3. The van der Waals surface area contributed by atoms with Crippen molar-refractivity contribution in [3.63, 3.8) is 0 Å². The standard InChI is InChI=1S/C37H24N4O6S/c42-30(23-11-14-28-25(16-23)15-22-5-1-3-7-27(22)28)20-46-36(45)21-9-12-26(13-10-21)41-34(43)18-33(35(41)44)48-37-39-29(19-38-40-37)32-17-24-6-2-4-8-31(24)47-32/h1-14,16-17,19,33H,15,18,20H2. The minimum atomic E-state index is -0.755. The second-order valence-corrected chi connectivity index (χ2v) is 12.6. The lowest BCUT2D eigenvalue weighted by atomic mass is 10.0. The number of rotatable bonds is 8. The first-order valence-electron chi connectivity index (χ1n) is 15.1. The molecule has 0 spiro atoms. The first-order valence-corrected chi connectivity index (χ1v) is 16.0. The molecule has 3 heterocycles. The molecule has 1 saturated heterocycles. The molecule has 1 unspecified atom stereocenters. The Morgan fingerprint density at radius 2 is 1.65 bits per heavy atom. The summed E-state index contributed by atoms with van der Waals surface area (Å²) >= 11 is 1.05. The molecule has 48 heavy (non-hydrogen) atoms. The van der Waals surface area contributed by atoms with Gasteiger partial charge in [-0.1, -0.05) is 66.4 Å². The van der Waals surface area contributed by atoms with E-state index in [2.05, 4.69) is 27.3 Å². The number of para-hydroxylation sites is 1. The zero-order valence-corrected chi connectivity index (χ0v) is 26.0. The molecule has 2 amide bonds. The number of nitrogens with zero attached hydrogens (tertiary/aromatic N) is 4. The Morgan fingerprint density at radius 1 is 0.875 bits per heavy atom. The van der Waals surface area contributed by atoms with Crippen LogP contribution in [0.25, 0.3) is 33.6 Å². The number of amides is 2. The van der Waals surface area contributed by atoms with Crippen LogP contribution >= 0.6 is 11.8 Å². The van der Waals surface area contributed by atoms with Gasteiger partial charge in [-0.05, 0) is 71.1 Å². The summed E-state index contributed by atoms with van der Waals surface area (Å²) in [6, 6.07) is 29.0. The van der Waals surface area contributed by atoms with E-state index in [0.29, 0.717) is 28.3 Å². The first-order chi connectivity index (χ1) is 23.4. The number of aromatic nitrogens is 3. The van der Waals surface area contributed by atoms with Gasteiger partial charge in [0.25, 0.3) is 0 Å². The highest BCUT2D eigenvalue weighted by molar-refractivity contribution is 8.00. The van der Waals surface area contributed by atoms with E-state index < -0.39 is 29.6 Å². The minimum Gasteiger partial charge on any atom is -0.454 e. The van der Waals surface area contributed by atoms with Crippen LogP contribution in [-0.4, -0.2) is 50.6 Å². The van der Waals surface area contributed by atoms with Crippen LogP contribution in [0.3, 0.4) is 0 Å². The molecular formula is C37H24N4O6S. The van der Waals surface area contributed by atoms with Crippen molar-refractivity contribution in [3.8, 4) is 22.6 Å². The van der Waals surface area contributed by atoms with Crippen molar-refractivity contribution >= 4 is 52.0 Å². The summed E-state index contributed by atoms with van der Waals surface area (Å²) in [5, 5.41) is 8.46. The summed E-state index contributed by atoms with van der Waals surface area (Å²) < 4.78 is 11.2. The lowest BCUT2D eigenvalue weighted by Gasteiger charge is -2.15. The number of Topliss-reactive ketones (excluding diaryl/α,β-unsaturated/α-hetero) is 1. The number of hydrogen-bond acceptors (Lipinski definition) is 10. The van der Waals surface area contributed by atoms with Crippen molar-refractivity contribution in [3.05, 3.63) is 126 Å². The molecule has 0 N–H and O–H groups in total. The van der Waals surface area contributed by atoms with Crippen molar-refractivity contribution in [2.45, 2.75) is 23.2 Å². The van der Waals surface area contributed by atoms with Gasteiger partial charge >= 0.3 is 5.97 Å². The van der Waals surface area contributed by atoms with Gasteiger partial charge in [-0.25, -0.2) is 14.7 Å². The van der Waals surface area contributed by atoms with Crippen LogP contribution < -0.4 is 4.90 Å². The Morgan fingerprint density at radius 3 is 2.50 bits per heavy atom. The number of hydrogen-bond donors (Lipinski definition) is 0. The van der Waals surface area contributed by atoms with E-state index in [-0.39, 0.29) is 22.9 Å². The van der Waals surface area contributed by atoms with Gasteiger partial charge < -0.3 is 9.15 Å². The smallest absolute Gasteiger partial charge is 0.338 e. The molecule has 1 atom stereocenters. The topological polar surface area (TPSA) is 133 Å². The van der Waals surface area contributed by atoms with E-state index in [4.69, 9.17) is 9.15 Å². The Labute approximate surface area is 277 Å². The molecule has 8 rings (SSSR count). The minimum absolute atomic E-state index is 0.0532. The number of ketones is 1. The van der Waals surface area contributed by atoms with Gasteiger partial charge in [0.05, 0.1) is 17.4 Å². The molecule has 4 aromatic carbocycles. The van der Waals surface area contributed by atoms with Crippen molar-refractivity contribution in [1.82, 2.24) is 15.2 Å². The summed E-state index contributed by atoms with van der Waals surface area (Å²) in [6.07, 6.45) is 2.18. The van der Waals surface area contributed by atoms with Crippen LogP contribution in [0.4, 0.5) is 5.69 Å². The fourth-order valence-corrected chi connectivity index (χ4v) is 6.95. The van der Waals surface area contributed by atoms with E-state index >= 15 is 0 Å². The van der Waals surface area contributed by atoms with Gasteiger partial charge in [0.1, 0.15) is 16.5 Å². The number of carbonyl (C=O) groups is 4. The molecule has 2 aliphatic rings. The Hall–Kier alpha value is -5.94. The van der Waals surface area contributed by atoms with Gasteiger partial charge in [-0.15, -0.1) is 5.10 Å². The van der Waals surface area contributed by atoms with Crippen LogP contribution in [0.15, 0.2) is 113 Å². The lowest BCUT2D eigenvalue weighted by molar-refractivity contribution is -0.121. The van der Waals surface area contributed by atoms with Crippen molar-refractivity contribution in [2.75, 3.05) is 11.5 Å². The molecule has 234 valence electrons. The average Bonchev–Trinajstić information content (AvgIpc) is 3.79. The molecule has 2 aromatic heterocycles. The number of ether oxygens (including phenoxy) is 1. The molecule has 1 aliphatic carbocycles. The SMILES string of the molecule is O=C(COC(=O)c1ccc(N2C(=O)CC(Sc3nncc(-c4cc5ccccc5o4)n3)C2=O)cc1)c1ccc2c(c1)Cc1ccccc1-2. The largest absolute Gasteiger partial charge is 0.454 e. The second-order valence-electron chi connectivity index (χ2n) is 11.4. The van der Waals surface area contributed by atoms with E-state index in [1.807, 2.05) is 54.6 Å². The molecule has 0 saturated carbocycles. The summed E-state index contributed by atoms with van der Waals surface area (Å²) in [4.78, 5) is 57.5. The zero-order chi connectivity index (χ0) is 32.8. The van der Waals surface area contributed by atoms with E-state index in [0.717, 1.165) is 39.6 Å². The fourth-order valence-electron chi connectivity index (χ4n) is 6.02. The number of anilines is 1. The van der Waals surface area contributed by atoms with Crippen LogP contribution in [0.1, 0.15) is 38.3 Å². The number of imide groups is 1. The van der Waals surface area contributed by atoms with Crippen molar-refractivity contribution < 1.29 is 28.3 Å². The molecular weight excluding hydrogens is 628 g/mol. The lowest BCUT2D eigenvalue weighted by Crippen LogP contribution is -2.31. The third-order valence-electron chi connectivity index (χ3n) is 8.38. The van der Waals surface area contributed by atoms with Crippen molar-refractivity contribution in [1.29, 1.82) is 0 Å². The Kier molecular flexibility index (Phi) is 7.37. The number of carbonyl (C=O) groups excluding carboxylic acids is 4. The number of fused-ring (bicyclic) bond motifs is 4. The highest BCUT2D eigenvalue weighted by Gasteiger charge is 2.41. The van der Waals surface area contributed by atoms with Crippen molar-refractivity contribution in [2.24, 2.45) is 0 Å². The zero-order valence-electron chi connectivity index (χ0n) is 25.2. The van der Waals surface area contributed by atoms with E-state index in [1.165, 1.54) is 41.6 Å². The van der Waals surface area contributed by atoms with Gasteiger partial charge in [-0.3, -0.25) is 14.4 Å². The number of benzene rings is 4. The number of furan rings is 1. The summed E-state index contributed by atoms with van der Waals surface area (Å²) in [5.74, 6) is -1.30. The molecule has 1 fully saturated rings. The van der Waals surface area contributed by atoms with Crippen LogP contribution in [0.2, 0.25) is 0 Å². The van der Waals surface area contributed by atoms with Crippen LogP contribution in [-0.2, 0) is 20.7 Å². The van der Waals surface area contributed by atoms with E-state index in [1.54, 1.807) is 6.07 Å². The predicted octanol–water partition coefficient (Wildman–Crippen LogP) is 6.32. The first kappa shape index (κ1) is 29.5. The third kappa shape index (κ3) is 5.43. The molecule has 10 nitrogen and oxygen atoms in total. The van der Waals surface area contributed by atoms with Gasteiger partial charge in [0, 0.05) is 17.4 Å². The summed E-state index contributed by atoms with van der Waals surface area (Å²) in [7, 11) is 0. The summed E-state index contributed by atoms with van der Waals surface area (Å²) in [6.45, 7) is -0.414. The Balaban J connectivity index is 0.894. The van der Waals surface area contributed by atoms with Crippen LogP contribution in [0.5, 0.6) is 0 Å². The van der Waals surface area contributed by atoms with Gasteiger partial charge in [-0.2, -0.15) is 5.10 Å². The quantitative estimate of drug-likeness (QED) is 0.104. The normalized spacial score (nSPS) is 15.1. The highest BCUT2D eigenvalue weighted by atomic mass is 32.2. The second kappa shape index (κ2) is 12.0. The monoisotopic (exact) mass is 652 g/mol. The summed E-state index contributed by atoms with van der Waals surface area (Å²) in [5.41, 5.74) is 6.71. The van der Waals surface area contributed by atoms with Gasteiger partial charge in [0.2, 0.25) is 17.0 Å². The Bertz CT molecular complexity index is 2250. The molecule has 0 radical (unpaired) electrons. The van der Waals surface area contributed by atoms with Crippen LogP contribution in [0, 0.1) is 0 Å². The molecule has 6 aromatic rings. The number of thioether (sulfide) groups is 1. The van der Waals surface area contributed by atoms with Gasteiger partial charge in [0.15, 0.2) is 18.2 Å². The number of esters is 1. The molecule has 1 aliphatic heterocycles. The molecule has 11 heteroatoms. The van der Waals surface area contributed by atoms with E-state index in [9.17, 15) is 19.2 Å². The third-order valence-corrected chi connectivity index (χ3v) is 9.42. The predicted molar refractivity (Wildman–Crippen MR) is 178 cm³/mol.